The van der Waals surface area contributed by atoms with Gasteiger partial charge in [-0.25, -0.2) is 13.2 Å². The van der Waals surface area contributed by atoms with Crippen LogP contribution in [-0.2, 0) is 19.4 Å². The third-order valence-electron chi connectivity index (χ3n) is 3.95. The molecular formula is C18H25NO6S. The Morgan fingerprint density at radius 2 is 1.62 bits per heavy atom. The number of hydrogen-bond donors (Lipinski definition) is 0. The molecule has 1 aromatic rings. The number of ether oxygens (including phenoxy) is 2. The van der Waals surface area contributed by atoms with E-state index in [4.69, 9.17) is 9.47 Å². The summed E-state index contributed by atoms with van der Waals surface area (Å²) < 4.78 is 33.5. The number of piperidine rings is 1. The van der Waals surface area contributed by atoms with Gasteiger partial charge < -0.3 is 14.4 Å². The van der Waals surface area contributed by atoms with Gasteiger partial charge in [0.25, 0.3) is 0 Å². The Balaban J connectivity index is 1.87. The molecule has 144 valence electrons. The average molecular weight is 383 g/mol. The van der Waals surface area contributed by atoms with Gasteiger partial charge >= 0.3 is 12.1 Å². The molecule has 0 unspecified atom stereocenters. The van der Waals surface area contributed by atoms with E-state index in [9.17, 15) is 18.0 Å². The Kier molecular flexibility index (Phi) is 5.95. The van der Waals surface area contributed by atoms with Crippen LogP contribution in [0.1, 0.15) is 33.6 Å². The summed E-state index contributed by atoms with van der Waals surface area (Å²) in [6, 6.07) is 5.74. The summed E-state index contributed by atoms with van der Waals surface area (Å²) in [4.78, 5) is 26.1. The van der Waals surface area contributed by atoms with Crippen molar-refractivity contribution in [2.45, 2.75) is 44.1 Å². The van der Waals surface area contributed by atoms with Gasteiger partial charge in [-0.05, 0) is 57.9 Å². The lowest BCUT2D eigenvalue weighted by Crippen LogP contribution is -2.43. The quantitative estimate of drug-likeness (QED) is 0.589. The molecule has 2 rings (SSSR count). The third kappa shape index (κ3) is 5.72. The molecule has 26 heavy (non-hydrogen) atoms. The predicted octanol–water partition coefficient (Wildman–Crippen LogP) is 2.64. The number of rotatable bonds is 3. The van der Waals surface area contributed by atoms with Crippen LogP contribution >= 0.6 is 0 Å². The monoisotopic (exact) mass is 383 g/mol. The molecule has 0 saturated carbocycles. The molecule has 8 heteroatoms. The summed E-state index contributed by atoms with van der Waals surface area (Å²) in [6.07, 6.45) is 1.74. The van der Waals surface area contributed by atoms with E-state index in [0.717, 1.165) is 6.26 Å². The molecule has 0 N–H and O–H groups in total. The van der Waals surface area contributed by atoms with E-state index in [1.54, 1.807) is 4.90 Å². The second kappa shape index (κ2) is 7.65. The van der Waals surface area contributed by atoms with Crippen molar-refractivity contribution >= 4 is 21.9 Å². The van der Waals surface area contributed by atoms with Crippen molar-refractivity contribution < 1.29 is 27.5 Å². The first-order chi connectivity index (χ1) is 12.0. The molecule has 0 atom stereocenters. The van der Waals surface area contributed by atoms with Crippen LogP contribution in [0.15, 0.2) is 29.2 Å². The maximum Gasteiger partial charge on any atom is 0.410 e. The zero-order chi connectivity index (χ0) is 19.5. The molecule has 1 amide bonds. The van der Waals surface area contributed by atoms with Gasteiger partial charge in [0.05, 0.1) is 10.8 Å². The number of carbonyl (C=O) groups excluding carboxylic acids is 2. The maximum atomic E-state index is 12.3. The van der Waals surface area contributed by atoms with E-state index in [2.05, 4.69) is 0 Å². The van der Waals surface area contributed by atoms with E-state index < -0.39 is 15.4 Å². The smallest absolute Gasteiger partial charge is 0.410 e. The van der Waals surface area contributed by atoms with Gasteiger partial charge in [-0.1, -0.05) is 0 Å². The highest BCUT2D eigenvalue weighted by Crippen LogP contribution is 2.23. The molecule has 1 aromatic carbocycles. The van der Waals surface area contributed by atoms with Gasteiger partial charge in [-0.2, -0.15) is 0 Å². The van der Waals surface area contributed by atoms with E-state index in [0.29, 0.717) is 31.7 Å². The minimum atomic E-state index is -3.29. The minimum absolute atomic E-state index is 0.169. The van der Waals surface area contributed by atoms with Crippen molar-refractivity contribution in [3.63, 3.8) is 0 Å². The van der Waals surface area contributed by atoms with E-state index >= 15 is 0 Å². The van der Waals surface area contributed by atoms with Gasteiger partial charge in [-0.3, -0.25) is 4.79 Å². The Morgan fingerprint density at radius 3 is 2.08 bits per heavy atom. The number of benzene rings is 1. The zero-order valence-corrected chi connectivity index (χ0v) is 16.3. The van der Waals surface area contributed by atoms with Crippen molar-refractivity contribution in [2.24, 2.45) is 5.92 Å². The van der Waals surface area contributed by atoms with Crippen LogP contribution in [0.4, 0.5) is 4.79 Å². The van der Waals surface area contributed by atoms with Crippen molar-refractivity contribution in [3.8, 4) is 5.75 Å². The van der Waals surface area contributed by atoms with Crippen molar-refractivity contribution in [3.05, 3.63) is 24.3 Å². The highest BCUT2D eigenvalue weighted by atomic mass is 32.2. The first-order valence-electron chi connectivity index (χ1n) is 8.45. The van der Waals surface area contributed by atoms with Crippen molar-refractivity contribution in [1.82, 2.24) is 4.90 Å². The molecule has 1 heterocycles. The molecule has 7 nitrogen and oxygen atoms in total. The largest absolute Gasteiger partial charge is 0.444 e. The van der Waals surface area contributed by atoms with Crippen LogP contribution in [0.5, 0.6) is 5.75 Å². The van der Waals surface area contributed by atoms with Gasteiger partial charge in [0.2, 0.25) is 0 Å². The standard InChI is InChI=1S/C18H25NO6S/c1-18(2,3)25-17(21)19-11-9-13(10-12-19)16(20)24-14-5-7-15(8-6-14)26(4,22)23/h5-8,13H,9-12H2,1-4H3. The molecule has 0 spiro atoms. The number of likely N-dealkylation sites (tertiary alicyclic amines) is 1. The number of amides is 1. The maximum absolute atomic E-state index is 12.3. The lowest BCUT2D eigenvalue weighted by Gasteiger charge is -2.32. The summed E-state index contributed by atoms with van der Waals surface area (Å²) in [6.45, 7) is 6.29. The molecule has 0 bridgehead atoms. The SMILES string of the molecule is CC(C)(C)OC(=O)N1CCC(C(=O)Oc2ccc(S(C)(=O)=O)cc2)CC1. The van der Waals surface area contributed by atoms with Gasteiger partial charge in [0, 0.05) is 19.3 Å². The molecule has 1 saturated heterocycles. The number of esters is 1. The summed E-state index contributed by atoms with van der Waals surface area (Å²) in [5, 5.41) is 0. The van der Waals surface area contributed by atoms with Crippen molar-refractivity contribution in [2.75, 3.05) is 19.3 Å². The molecule has 0 aromatic heterocycles. The Bertz CT molecular complexity index is 756. The third-order valence-corrected chi connectivity index (χ3v) is 5.08. The molecule has 1 aliphatic rings. The molecule has 0 radical (unpaired) electrons. The number of nitrogens with zero attached hydrogens (tertiary/aromatic N) is 1. The van der Waals surface area contributed by atoms with Crippen LogP contribution in [0.25, 0.3) is 0 Å². The molecule has 0 aliphatic carbocycles. The fraction of sp³-hybridized carbons (Fsp3) is 0.556. The van der Waals surface area contributed by atoms with Crippen LogP contribution in [0.3, 0.4) is 0 Å². The first-order valence-corrected chi connectivity index (χ1v) is 10.3. The second-order valence-electron chi connectivity index (χ2n) is 7.41. The highest BCUT2D eigenvalue weighted by Gasteiger charge is 2.31. The van der Waals surface area contributed by atoms with Gasteiger partial charge in [0.15, 0.2) is 9.84 Å². The van der Waals surface area contributed by atoms with Gasteiger partial charge in [-0.15, -0.1) is 0 Å². The molecular weight excluding hydrogens is 358 g/mol. The van der Waals surface area contributed by atoms with Crippen LogP contribution < -0.4 is 4.74 Å². The summed E-state index contributed by atoms with van der Waals surface area (Å²) >= 11 is 0. The number of hydrogen-bond acceptors (Lipinski definition) is 6. The molecule has 1 fully saturated rings. The fourth-order valence-electron chi connectivity index (χ4n) is 2.58. The lowest BCUT2D eigenvalue weighted by molar-refractivity contribution is -0.140. The van der Waals surface area contributed by atoms with E-state index in [1.807, 2.05) is 20.8 Å². The van der Waals surface area contributed by atoms with Crippen LogP contribution in [0.2, 0.25) is 0 Å². The fourth-order valence-corrected chi connectivity index (χ4v) is 3.21. The van der Waals surface area contributed by atoms with Crippen LogP contribution in [0, 0.1) is 5.92 Å². The topological polar surface area (TPSA) is 90.0 Å². The number of sulfone groups is 1. The predicted molar refractivity (Wildman–Crippen MR) is 95.7 cm³/mol. The summed E-state index contributed by atoms with van der Waals surface area (Å²) in [7, 11) is -3.29. The van der Waals surface area contributed by atoms with Crippen LogP contribution in [-0.4, -0.2) is 50.3 Å². The Morgan fingerprint density at radius 1 is 1.08 bits per heavy atom. The first kappa shape index (κ1) is 20.2. The van der Waals surface area contributed by atoms with E-state index in [1.165, 1.54) is 24.3 Å². The second-order valence-corrected chi connectivity index (χ2v) is 9.42. The summed E-state index contributed by atoms with van der Waals surface area (Å²) in [5.74, 6) is -0.374. The minimum Gasteiger partial charge on any atom is -0.444 e. The van der Waals surface area contributed by atoms with Gasteiger partial charge in [0.1, 0.15) is 11.4 Å². The Hall–Kier alpha value is -2.09. The number of carbonyl (C=O) groups is 2. The Labute approximate surface area is 154 Å². The summed E-state index contributed by atoms with van der Waals surface area (Å²) in [5.41, 5.74) is -0.551. The average Bonchev–Trinajstić information content (AvgIpc) is 2.53. The van der Waals surface area contributed by atoms with E-state index in [-0.39, 0.29) is 22.9 Å². The lowest BCUT2D eigenvalue weighted by atomic mass is 9.97. The molecule has 1 aliphatic heterocycles. The highest BCUT2D eigenvalue weighted by molar-refractivity contribution is 7.90. The normalized spacial score (nSPS) is 16.2. The zero-order valence-electron chi connectivity index (χ0n) is 15.5. The van der Waals surface area contributed by atoms with Crippen molar-refractivity contribution in [1.29, 1.82) is 0 Å².